The molecule has 0 aliphatic rings. The number of rotatable bonds is 4. The fraction of sp³-hybridized carbons (Fsp3) is 0.188. The van der Waals surface area contributed by atoms with Gasteiger partial charge in [-0.1, -0.05) is 12.1 Å². The van der Waals surface area contributed by atoms with Gasteiger partial charge in [0.25, 0.3) is 0 Å². The fourth-order valence-corrected chi connectivity index (χ4v) is 3.37. The third-order valence-corrected chi connectivity index (χ3v) is 4.78. The van der Waals surface area contributed by atoms with Crippen LogP contribution in [0.1, 0.15) is 16.7 Å². The first-order chi connectivity index (χ1) is 10.1. The van der Waals surface area contributed by atoms with E-state index in [-0.39, 0.29) is 0 Å². The monoisotopic (exact) mass is 300 g/mol. The van der Waals surface area contributed by atoms with Gasteiger partial charge in [0, 0.05) is 10.6 Å². The molecule has 0 saturated carbocycles. The summed E-state index contributed by atoms with van der Waals surface area (Å²) in [7, 11) is 0.313. The van der Waals surface area contributed by atoms with E-state index in [2.05, 4.69) is 6.07 Å². The molecule has 108 valence electrons. The van der Waals surface area contributed by atoms with Crippen molar-refractivity contribution in [3.63, 3.8) is 0 Å². The second-order valence-corrected chi connectivity index (χ2v) is 6.03. The van der Waals surface area contributed by atoms with Crippen LogP contribution in [-0.4, -0.2) is 11.3 Å². The van der Waals surface area contributed by atoms with E-state index in [9.17, 15) is 4.21 Å². The highest BCUT2D eigenvalue weighted by atomic mass is 32.2. The average molecular weight is 300 g/mol. The first-order valence-electron chi connectivity index (χ1n) is 6.37. The topological polar surface area (TPSA) is 76.1 Å². The Labute approximate surface area is 126 Å². The van der Waals surface area contributed by atoms with Gasteiger partial charge in [0.1, 0.15) is 11.8 Å². The van der Waals surface area contributed by atoms with Crippen molar-refractivity contribution in [1.29, 1.82) is 5.26 Å². The number of methoxy groups -OCH3 is 1. The Morgan fingerprint density at radius 3 is 2.76 bits per heavy atom. The molecule has 4 nitrogen and oxygen atoms in total. The number of benzene rings is 2. The van der Waals surface area contributed by atoms with Crippen molar-refractivity contribution in [2.45, 2.75) is 17.6 Å². The molecule has 2 N–H and O–H groups in total. The first-order valence-corrected chi connectivity index (χ1v) is 7.69. The van der Waals surface area contributed by atoms with Crippen LogP contribution in [0.15, 0.2) is 41.3 Å². The summed E-state index contributed by atoms with van der Waals surface area (Å²) in [6.07, 6.45) is 0. The summed E-state index contributed by atoms with van der Waals surface area (Å²) in [5, 5.41) is 9.08. The quantitative estimate of drug-likeness (QED) is 0.881. The van der Waals surface area contributed by atoms with E-state index >= 15 is 0 Å². The van der Waals surface area contributed by atoms with E-state index in [1.807, 2.05) is 19.1 Å². The summed E-state index contributed by atoms with van der Waals surface area (Å²) in [5.41, 5.74) is 8.58. The molecule has 0 radical (unpaired) electrons. The highest BCUT2D eigenvalue weighted by Crippen LogP contribution is 2.24. The Hall–Kier alpha value is -2.32. The fourth-order valence-electron chi connectivity index (χ4n) is 2.04. The Morgan fingerprint density at radius 1 is 1.33 bits per heavy atom. The molecule has 0 aliphatic carbocycles. The van der Waals surface area contributed by atoms with Gasteiger partial charge in [0.2, 0.25) is 0 Å². The largest absolute Gasteiger partial charge is 0.495 e. The molecule has 0 saturated heterocycles. The van der Waals surface area contributed by atoms with E-state index in [0.29, 0.717) is 22.8 Å². The number of ether oxygens (including phenoxy) is 1. The summed E-state index contributed by atoms with van der Waals surface area (Å²) in [5.74, 6) is 0.857. The Morgan fingerprint density at radius 2 is 2.10 bits per heavy atom. The molecule has 1 unspecified atom stereocenters. The van der Waals surface area contributed by atoms with Crippen molar-refractivity contribution < 1.29 is 8.95 Å². The highest BCUT2D eigenvalue weighted by Gasteiger charge is 2.11. The number of hydrogen-bond donors (Lipinski definition) is 1. The number of anilines is 1. The van der Waals surface area contributed by atoms with Crippen LogP contribution in [0.25, 0.3) is 0 Å². The standard InChI is InChI=1S/C16H16N2O2S/c1-11-14(18)4-3-5-16(11)21(19)10-12-6-7-15(20-2)13(8-12)9-17/h3-8H,10,18H2,1-2H3. The van der Waals surface area contributed by atoms with Crippen LogP contribution < -0.4 is 10.5 Å². The zero-order valence-electron chi connectivity index (χ0n) is 11.9. The lowest BCUT2D eigenvalue weighted by Crippen LogP contribution is -2.02. The van der Waals surface area contributed by atoms with Crippen LogP contribution in [0.5, 0.6) is 5.75 Å². The minimum absolute atomic E-state index is 0.336. The van der Waals surface area contributed by atoms with Gasteiger partial charge < -0.3 is 10.5 Å². The molecular weight excluding hydrogens is 284 g/mol. The SMILES string of the molecule is COc1ccc(CS(=O)c2cccc(N)c2C)cc1C#N. The molecule has 0 spiro atoms. The Kier molecular flexibility index (Phi) is 4.61. The molecule has 2 rings (SSSR count). The van der Waals surface area contributed by atoms with Gasteiger partial charge in [-0.3, -0.25) is 4.21 Å². The maximum Gasteiger partial charge on any atom is 0.136 e. The number of nitrogens with zero attached hydrogens (tertiary/aromatic N) is 1. The molecule has 0 bridgehead atoms. The predicted octanol–water partition coefficient (Wildman–Crippen LogP) is 2.77. The van der Waals surface area contributed by atoms with Crippen molar-refractivity contribution in [2.24, 2.45) is 0 Å². The number of nitrogen functional groups attached to an aromatic ring is 1. The minimum Gasteiger partial charge on any atom is -0.495 e. The second-order valence-electron chi connectivity index (χ2n) is 4.61. The molecule has 0 heterocycles. The summed E-state index contributed by atoms with van der Waals surface area (Å²) in [4.78, 5) is 0.726. The molecule has 0 amide bonds. The molecule has 2 aromatic carbocycles. The summed E-state index contributed by atoms with van der Waals surface area (Å²) in [6, 6.07) is 12.7. The molecule has 0 aliphatic heterocycles. The van der Waals surface area contributed by atoms with Gasteiger partial charge in [-0.15, -0.1) is 0 Å². The minimum atomic E-state index is -1.21. The summed E-state index contributed by atoms with van der Waals surface area (Å²) >= 11 is 0. The van der Waals surface area contributed by atoms with Gasteiger partial charge in [-0.25, -0.2) is 0 Å². The van der Waals surface area contributed by atoms with Crippen LogP contribution in [0.3, 0.4) is 0 Å². The van der Waals surface area contributed by atoms with E-state index in [1.165, 1.54) is 7.11 Å². The van der Waals surface area contributed by atoms with Crippen molar-refractivity contribution in [3.05, 3.63) is 53.1 Å². The normalized spacial score (nSPS) is 11.7. The zero-order chi connectivity index (χ0) is 15.4. The van der Waals surface area contributed by atoms with E-state index < -0.39 is 10.8 Å². The lowest BCUT2D eigenvalue weighted by molar-refractivity contribution is 0.413. The van der Waals surface area contributed by atoms with Crippen molar-refractivity contribution in [2.75, 3.05) is 12.8 Å². The van der Waals surface area contributed by atoms with Crippen molar-refractivity contribution in [1.82, 2.24) is 0 Å². The van der Waals surface area contributed by atoms with Gasteiger partial charge in [0.15, 0.2) is 0 Å². The molecule has 2 aromatic rings. The van der Waals surface area contributed by atoms with Crippen molar-refractivity contribution in [3.8, 4) is 11.8 Å². The smallest absolute Gasteiger partial charge is 0.136 e. The van der Waals surface area contributed by atoms with E-state index in [4.69, 9.17) is 15.7 Å². The van der Waals surface area contributed by atoms with Crippen molar-refractivity contribution >= 4 is 16.5 Å². The maximum absolute atomic E-state index is 12.5. The zero-order valence-corrected chi connectivity index (χ0v) is 12.7. The van der Waals surface area contributed by atoms with Gasteiger partial charge >= 0.3 is 0 Å². The third kappa shape index (κ3) is 3.23. The van der Waals surface area contributed by atoms with Gasteiger partial charge in [-0.05, 0) is 42.3 Å². The number of nitrogens with two attached hydrogens (primary N) is 1. The number of nitriles is 1. The average Bonchev–Trinajstić information content (AvgIpc) is 2.49. The van der Waals surface area contributed by atoms with Gasteiger partial charge in [0.05, 0.1) is 29.2 Å². The Bertz CT molecular complexity index is 736. The van der Waals surface area contributed by atoms with Gasteiger partial charge in [-0.2, -0.15) is 5.26 Å². The van der Waals surface area contributed by atoms with Crippen LogP contribution in [0.2, 0.25) is 0 Å². The highest BCUT2D eigenvalue weighted by molar-refractivity contribution is 7.84. The summed E-state index contributed by atoms with van der Waals surface area (Å²) < 4.78 is 17.6. The van der Waals surface area contributed by atoms with Crippen LogP contribution in [0, 0.1) is 18.3 Å². The summed E-state index contributed by atoms with van der Waals surface area (Å²) in [6.45, 7) is 1.86. The molecular formula is C16H16N2O2S. The lowest BCUT2D eigenvalue weighted by atomic mass is 10.1. The van der Waals surface area contributed by atoms with E-state index in [0.717, 1.165) is 16.0 Å². The first kappa shape index (κ1) is 15.1. The maximum atomic E-state index is 12.5. The third-order valence-electron chi connectivity index (χ3n) is 3.25. The molecule has 0 fully saturated rings. The second kappa shape index (κ2) is 6.42. The number of hydrogen-bond acceptors (Lipinski definition) is 4. The van der Waals surface area contributed by atoms with Crippen LogP contribution in [-0.2, 0) is 16.6 Å². The molecule has 5 heteroatoms. The predicted molar refractivity (Wildman–Crippen MR) is 83.4 cm³/mol. The van der Waals surface area contributed by atoms with Crippen LogP contribution in [0.4, 0.5) is 5.69 Å². The Balaban J connectivity index is 2.28. The lowest BCUT2D eigenvalue weighted by Gasteiger charge is -2.09. The molecule has 0 aromatic heterocycles. The van der Waals surface area contributed by atoms with E-state index in [1.54, 1.807) is 24.3 Å². The van der Waals surface area contributed by atoms with Crippen LogP contribution >= 0.6 is 0 Å². The molecule has 1 atom stereocenters. The molecule has 21 heavy (non-hydrogen) atoms.